The summed E-state index contributed by atoms with van der Waals surface area (Å²) < 4.78 is 94.2. The van der Waals surface area contributed by atoms with E-state index in [-0.39, 0.29) is 27.9 Å². The van der Waals surface area contributed by atoms with E-state index in [0.717, 1.165) is 47.0 Å². The van der Waals surface area contributed by atoms with E-state index >= 15 is 0 Å². The Balaban J connectivity index is 2.13. The van der Waals surface area contributed by atoms with Crippen LogP contribution in [0.4, 0.5) is 18.9 Å². The molecule has 0 saturated heterocycles. The van der Waals surface area contributed by atoms with Gasteiger partial charge in [0.25, 0.3) is 10.0 Å². The summed E-state index contributed by atoms with van der Waals surface area (Å²) in [5.74, 6) is -0.103. The first-order valence-corrected chi connectivity index (χ1v) is 14.2. The van der Waals surface area contributed by atoms with Gasteiger partial charge >= 0.3 is 6.18 Å². The maximum absolute atomic E-state index is 14.2. The van der Waals surface area contributed by atoms with E-state index in [1.807, 2.05) is 0 Å². The fourth-order valence-electron chi connectivity index (χ4n) is 3.71. The second-order valence-corrected chi connectivity index (χ2v) is 12.7. The van der Waals surface area contributed by atoms with Crippen molar-refractivity contribution in [1.29, 1.82) is 0 Å². The molecule has 6 nitrogen and oxygen atoms in total. The second-order valence-electron chi connectivity index (χ2n) is 8.80. The average molecular weight is 542 g/mol. The lowest BCUT2D eigenvalue weighted by Gasteiger charge is -2.32. The first-order chi connectivity index (χ1) is 16.6. The van der Waals surface area contributed by atoms with Gasteiger partial charge in [0, 0.05) is 12.8 Å². The van der Waals surface area contributed by atoms with Crippen molar-refractivity contribution >= 4 is 25.5 Å². The van der Waals surface area contributed by atoms with Gasteiger partial charge in [-0.2, -0.15) is 13.2 Å². The molecule has 0 spiro atoms. The number of alkyl halides is 3. The third-order valence-corrected chi connectivity index (χ3v) is 8.44. The predicted octanol–water partition coefficient (Wildman–Crippen LogP) is 4.74. The summed E-state index contributed by atoms with van der Waals surface area (Å²) in [6.07, 6.45) is -4.36. The van der Waals surface area contributed by atoms with E-state index in [4.69, 9.17) is 0 Å². The molecule has 0 radical (unpaired) electrons. The highest BCUT2D eigenvalue weighted by Gasteiger charge is 2.56. The molecule has 0 amide bonds. The van der Waals surface area contributed by atoms with Gasteiger partial charge in [-0.05, 0) is 53.4 Å². The van der Waals surface area contributed by atoms with Crippen molar-refractivity contribution in [1.82, 2.24) is 0 Å². The smallest absolute Gasteiger partial charge is 0.372 e. The third-order valence-electron chi connectivity index (χ3n) is 5.53. The molecule has 36 heavy (non-hydrogen) atoms. The first-order valence-electron chi connectivity index (χ1n) is 10.9. The summed E-state index contributed by atoms with van der Waals surface area (Å²) in [4.78, 5) is -0.351. The Morgan fingerprint density at radius 1 is 0.806 bits per heavy atom. The molecule has 11 heteroatoms. The van der Waals surface area contributed by atoms with E-state index in [1.54, 1.807) is 32.0 Å². The molecular formula is C25H26F3NO5S2. The Bertz CT molecular complexity index is 1420. The predicted molar refractivity (Wildman–Crippen MR) is 131 cm³/mol. The number of nitrogens with zero attached hydrogens (tertiary/aromatic N) is 1. The fraction of sp³-hybridized carbons (Fsp3) is 0.280. The Morgan fingerprint density at radius 3 is 1.86 bits per heavy atom. The largest absolute Gasteiger partial charge is 0.425 e. The monoisotopic (exact) mass is 541 g/mol. The number of rotatable bonds is 8. The van der Waals surface area contributed by atoms with E-state index in [1.165, 1.54) is 24.3 Å². The highest BCUT2D eigenvalue weighted by Crippen LogP contribution is 2.45. The van der Waals surface area contributed by atoms with Crippen LogP contribution in [-0.2, 0) is 25.5 Å². The molecule has 0 aliphatic carbocycles. The zero-order valence-corrected chi connectivity index (χ0v) is 21.4. The quantitative estimate of drug-likeness (QED) is 0.445. The second kappa shape index (κ2) is 9.87. The van der Waals surface area contributed by atoms with Gasteiger partial charge in [0.15, 0.2) is 9.84 Å². The summed E-state index contributed by atoms with van der Waals surface area (Å²) in [6.45, 7) is 3.68. The summed E-state index contributed by atoms with van der Waals surface area (Å²) in [6, 6.07) is 16.0. The molecule has 0 aromatic heterocycles. The number of sulfone groups is 1. The van der Waals surface area contributed by atoms with Gasteiger partial charge in [0.05, 0.1) is 15.5 Å². The SMILES string of the molecule is CC(C)CN(c1ccc(C(O)(c2cccc(S(C)(=O)=O)c2)C(F)(F)F)cc1)S(=O)(=O)c1ccccc1. The van der Waals surface area contributed by atoms with Crippen molar-refractivity contribution in [2.24, 2.45) is 5.92 Å². The lowest BCUT2D eigenvalue weighted by atomic mass is 9.85. The molecule has 0 aliphatic heterocycles. The van der Waals surface area contributed by atoms with Gasteiger partial charge in [-0.25, -0.2) is 16.8 Å². The van der Waals surface area contributed by atoms with E-state index in [9.17, 15) is 35.1 Å². The van der Waals surface area contributed by atoms with Gasteiger partial charge < -0.3 is 5.11 Å². The van der Waals surface area contributed by atoms with Crippen LogP contribution in [0, 0.1) is 5.92 Å². The van der Waals surface area contributed by atoms with Crippen LogP contribution in [0.5, 0.6) is 0 Å². The third kappa shape index (κ3) is 5.42. The zero-order valence-electron chi connectivity index (χ0n) is 19.8. The van der Waals surface area contributed by atoms with Crippen molar-refractivity contribution in [3.8, 4) is 0 Å². The molecule has 1 atom stereocenters. The summed E-state index contributed by atoms with van der Waals surface area (Å²) in [5, 5.41) is 10.9. The van der Waals surface area contributed by atoms with E-state index in [2.05, 4.69) is 0 Å². The molecule has 0 saturated carbocycles. The van der Waals surface area contributed by atoms with Gasteiger partial charge in [0.1, 0.15) is 0 Å². The Labute approximate surface area is 209 Å². The highest BCUT2D eigenvalue weighted by molar-refractivity contribution is 7.92. The highest BCUT2D eigenvalue weighted by atomic mass is 32.2. The van der Waals surface area contributed by atoms with Crippen LogP contribution in [0.15, 0.2) is 88.7 Å². The average Bonchev–Trinajstić information content (AvgIpc) is 2.81. The fourth-order valence-corrected chi connectivity index (χ4v) is 6.02. The normalized spacial score (nSPS) is 14.4. The lowest BCUT2D eigenvalue weighted by Crippen LogP contribution is -2.43. The number of hydrogen-bond acceptors (Lipinski definition) is 5. The first kappa shape index (κ1) is 27.7. The molecule has 0 fully saturated rings. The molecule has 0 heterocycles. The van der Waals surface area contributed by atoms with Crippen LogP contribution in [0.25, 0.3) is 0 Å². The standard InChI is InChI=1S/C25H26F3NO5S2/c1-18(2)17-29(36(33,34)22-9-5-4-6-10-22)21-14-12-19(13-15-21)24(30,25(26,27)28)20-8-7-11-23(16-20)35(3,31)32/h4-16,18,30H,17H2,1-3H3. The topological polar surface area (TPSA) is 91.8 Å². The molecule has 0 bridgehead atoms. The maximum atomic E-state index is 14.2. The zero-order chi connectivity index (χ0) is 26.9. The number of anilines is 1. The van der Waals surface area contributed by atoms with Gasteiger partial charge in [0.2, 0.25) is 5.60 Å². The van der Waals surface area contributed by atoms with Crippen LogP contribution in [-0.4, -0.2) is 40.9 Å². The molecule has 3 aromatic carbocycles. The van der Waals surface area contributed by atoms with E-state index in [0.29, 0.717) is 0 Å². The van der Waals surface area contributed by atoms with Gasteiger partial charge in [-0.1, -0.05) is 56.3 Å². The van der Waals surface area contributed by atoms with Crippen molar-refractivity contribution in [2.75, 3.05) is 17.1 Å². The molecule has 194 valence electrons. The number of hydrogen-bond donors (Lipinski definition) is 1. The number of halogens is 3. The number of aliphatic hydroxyl groups is 1. The van der Waals surface area contributed by atoms with Crippen molar-refractivity contribution in [2.45, 2.75) is 35.4 Å². The van der Waals surface area contributed by atoms with Gasteiger partial charge in [-0.15, -0.1) is 0 Å². The Kier molecular flexibility index (Phi) is 7.59. The minimum atomic E-state index is -5.21. The summed E-state index contributed by atoms with van der Waals surface area (Å²) >= 11 is 0. The van der Waals surface area contributed by atoms with Crippen LogP contribution in [0.2, 0.25) is 0 Å². The molecule has 3 aromatic rings. The Morgan fingerprint density at radius 2 is 1.36 bits per heavy atom. The lowest BCUT2D eigenvalue weighted by molar-refractivity contribution is -0.248. The van der Waals surface area contributed by atoms with Crippen molar-refractivity contribution in [3.63, 3.8) is 0 Å². The van der Waals surface area contributed by atoms with Crippen LogP contribution in [0.3, 0.4) is 0 Å². The van der Waals surface area contributed by atoms with E-state index < -0.39 is 42.8 Å². The van der Waals surface area contributed by atoms with Crippen molar-refractivity contribution in [3.05, 3.63) is 90.0 Å². The minimum absolute atomic E-state index is 0.0270. The molecule has 1 N–H and O–H groups in total. The number of sulfonamides is 1. The maximum Gasteiger partial charge on any atom is 0.425 e. The summed E-state index contributed by atoms with van der Waals surface area (Å²) in [5.41, 5.74) is -4.69. The van der Waals surface area contributed by atoms with Crippen LogP contribution in [0.1, 0.15) is 25.0 Å². The molecule has 3 rings (SSSR count). The number of benzene rings is 3. The van der Waals surface area contributed by atoms with Gasteiger partial charge in [-0.3, -0.25) is 4.31 Å². The summed E-state index contributed by atoms with van der Waals surface area (Å²) in [7, 11) is -7.86. The van der Waals surface area contributed by atoms with Crippen LogP contribution < -0.4 is 4.31 Å². The molecule has 1 unspecified atom stereocenters. The minimum Gasteiger partial charge on any atom is -0.372 e. The molecule has 0 aliphatic rings. The van der Waals surface area contributed by atoms with Crippen LogP contribution >= 0.6 is 0 Å². The molecular weight excluding hydrogens is 515 g/mol. The Hall–Kier alpha value is -2.89. The van der Waals surface area contributed by atoms with Crippen molar-refractivity contribution < 1.29 is 35.1 Å².